The standard InChI is InChI=1S/C32H29N3O3/c1-18-10-12-23(20(3)14-18)30-33-31(24-13-11-19(2)15-21(24)4)35-32(34-30)26-16-25(27(36)17-28(26)37)29(38)22-8-6-5-7-9-22/h5-17,29,36-38H,1-4H3. The van der Waals surface area contributed by atoms with Crippen molar-refractivity contribution in [3.8, 4) is 45.7 Å². The highest BCUT2D eigenvalue weighted by atomic mass is 16.3. The molecule has 0 aliphatic heterocycles. The summed E-state index contributed by atoms with van der Waals surface area (Å²) in [5, 5.41) is 32.5. The van der Waals surface area contributed by atoms with E-state index >= 15 is 0 Å². The van der Waals surface area contributed by atoms with Crippen molar-refractivity contribution in [2.24, 2.45) is 0 Å². The molecule has 0 amide bonds. The predicted octanol–water partition coefficient (Wildman–Crippen LogP) is 6.60. The fourth-order valence-corrected chi connectivity index (χ4v) is 4.67. The molecule has 3 N–H and O–H groups in total. The molecule has 190 valence electrons. The summed E-state index contributed by atoms with van der Waals surface area (Å²) in [6.07, 6.45) is -1.10. The minimum absolute atomic E-state index is 0.198. The highest BCUT2D eigenvalue weighted by Crippen LogP contribution is 2.39. The fourth-order valence-electron chi connectivity index (χ4n) is 4.67. The first kappa shape index (κ1) is 25.1. The van der Waals surface area contributed by atoms with E-state index < -0.39 is 6.10 Å². The number of aliphatic hydroxyl groups is 1. The first-order chi connectivity index (χ1) is 18.2. The Balaban J connectivity index is 1.73. The van der Waals surface area contributed by atoms with Gasteiger partial charge in [0.15, 0.2) is 17.5 Å². The summed E-state index contributed by atoms with van der Waals surface area (Å²) < 4.78 is 0. The lowest BCUT2D eigenvalue weighted by Gasteiger charge is -2.16. The fraction of sp³-hybridized carbons (Fsp3) is 0.156. The molecule has 1 heterocycles. The maximum atomic E-state index is 11.0. The summed E-state index contributed by atoms with van der Waals surface area (Å²) in [5.41, 5.74) is 7.14. The molecule has 0 saturated heterocycles. The average Bonchev–Trinajstić information content (AvgIpc) is 2.88. The van der Waals surface area contributed by atoms with E-state index in [1.807, 2.05) is 70.2 Å². The van der Waals surface area contributed by atoms with E-state index in [9.17, 15) is 15.3 Å². The van der Waals surface area contributed by atoms with Gasteiger partial charge in [-0.3, -0.25) is 0 Å². The number of benzene rings is 4. The minimum atomic E-state index is -1.10. The summed E-state index contributed by atoms with van der Waals surface area (Å²) in [7, 11) is 0. The van der Waals surface area contributed by atoms with E-state index in [4.69, 9.17) is 15.0 Å². The Kier molecular flexibility index (Phi) is 6.66. The molecule has 0 aliphatic carbocycles. The molecule has 0 bridgehead atoms. The van der Waals surface area contributed by atoms with Gasteiger partial charge in [0.1, 0.15) is 17.6 Å². The van der Waals surface area contributed by atoms with Gasteiger partial charge in [-0.15, -0.1) is 0 Å². The lowest BCUT2D eigenvalue weighted by molar-refractivity contribution is 0.215. The average molecular weight is 504 g/mol. The van der Waals surface area contributed by atoms with Crippen molar-refractivity contribution in [2.45, 2.75) is 33.8 Å². The summed E-state index contributed by atoms with van der Waals surface area (Å²) in [6.45, 7) is 8.08. The van der Waals surface area contributed by atoms with Crippen molar-refractivity contribution in [2.75, 3.05) is 0 Å². The number of aromatic nitrogens is 3. The molecule has 1 aromatic heterocycles. The third kappa shape index (κ3) is 4.86. The van der Waals surface area contributed by atoms with Gasteiger partial charge in [0.05, 0.1) is 5.56 Å². The number of aliphatic hydroxyl groups excluding tert-OH is 1. The Morgan fingerprint density at radius 1 is 0.553 bits per heavy atom. The molecule has 5 aromatic rings. The Hall–Kier alpha value is -4.55. The number of phenolic OH excluding ortho intramolecular Hbond substituents is 2. The maximum Gasteiger partial charge on any atom is 0.167 e. The van der Waals surface area contributed by atoms with Crippen LogP contribution in [-0.4, -0.2) is 30.3 Å². The highest BCUT2D eigenvalue weighted by molar-refractivity contribution is 5.73. The Bertz CT molecular complexity index is 1580. The molecule has 0 aliphatic rings. The van der Waals surface area contributed by atoms with Gasteiger partial charge in [-0.2, -0.15) is 0 Å². The van der Waals surface area contributed by atoms with Gasteiger partial charge in [-0.25, -0.2) is 15.0 Å². The van der Waals surface area contributed by atoms with Crippen LogP contribution >= 0.6 is 0 Å². The van der Waals surface area contributed by atoms with E-state index in [2.05, 4.69) is 12.1 Å². The molecule has 38 heavy (non-hydrogen) atoms. The van der Waals surface area contributed by atoms with Crippen molar-refractivity contribution in [1.82, 2.24) is 15.0 Å². The molecule has 6 nitrogen and oxygen atoms in total. The second kappa shape index (κ2) is 10.1. The topological polar surface area (TPSA) is 99.4 Å². The van der Waals surface area contributed by atoms with Crippen LogP contribution in [0.1, 0.15) is 39.5 Å². The van der Waals surface area contributed by atoms with Crippen LogP contribution in [0.2, 0.25) is 0 Å². The minimum Gasteiger partial charge on any atom is -0.507 e. The smallest absolute Gasteiger partial charge is 0.167 e. The monoisotopic (exact) mass is 503 g/mol. The third-order valence-corrected chi connectivity index (χ3v) is 6.68. The number of aryl methyl sites for hydroxylation is 4. The number of phenols is 2. The zero-order valence-electron chi connectivity index (χ0n) is 21.8. The van der Waals surface area contributed by atoms with Crippen LogP contribution in [0.5, 0.6) is 11.5 Å². The Morgan fingerprint density at radius 2 is 1.05 bits per heavy atom. The molecule has 0 fully saturated rings. The second-order valence-electron chi connectivity index (χ2n) is 9.68. The van der Waals surface area contributed by atoms with Crippen LogP contribution in [0.25, 0.3) is 34.2 Å². The Morgan fingerprint density at radius 3 is 1.55 bits per heavy atom. The zero-order valence-corrected chi connectivity index (χ0v) is 21.8. The van der Waals surface area contributed by atoms with Crippen LogP contribution in [0.3, 0.4) is 0 Å². The molecule has 1 atom stereocenters. The van der Waals surface area contributed by atoms with Gasteiger partial charge in [-0.05, 0) is 50.5 Å². The summed E-state index contributed by atoms with van der Waals surface area (Å²) in [6, 6.07) is 23.9. The SMILES string of the molecule is Cc1ccc(-c2nc(-c3ccc(C)cc3C)nc(-c3cc(C(O)c4ccccc4)c(O)cc3O)n2)c(C)c1. The summed E-state index contributed by atoms with van der Waals surface area (Å²) >= 11 is 0. The number of nitrogens with zero attached hydrogens (tertiary/aromatic N) is 3. The molecule has 5 rings (SSSR count). The van der Waals surface area contributed by atoms with Gasteiger partial charge in [-0.1, -0.05) is 77.9 Å². The van der Waals surface area contributed by atoms with Gasteiger partial charge < -0.3 is 15.3 Å². The lowest BCUT2D eigenvalue weighted by atomic mass is 9.97. The van der Waals surface area contributed by atoms with Crippen molar-refractivity contribution < 1.29 is 15.3 Å². The zero-order chi connectivity index (χ0) is 27.0. The van der Waals surface area contributed by atoms with Crippen molar-refractivity contribution in [1.29, 1.82) is 0 Å². The molecule has 6 heteroatoms. The van der Waals surface area contributed by atoms with Crippen LogP contribution in [0.4, 0.5) is 0 Å². The molecule has 0 radical (unpaired) electrons. The number of hydrogen-bond donors (Lipinski definition) is 3. The molecular weight excluding hydrogens is 474 g/mol. The number of rotatable bonds is 5. The molecule has 0 saturated carbocycles. The Labute approximate surface area is 222 Å². The summed E-state index contributed by atoms with van der Waals surface area (Å²) in [5.74, 6) is 0.765. The van der Waals surface area contributed by atoms with Crippen molar-refractivity contribution in [3.63, 3.8) is 0 Å². The molecule has 0 spiro atoms. The van der Waals surface area contributed by atoms with E-state index in [1.54, 1.807) is 12.1 Å². The van der Waals surface area contributed by atoms with E-state index in [-0.39, 0.29) is 28.5 Å². The second-order valence-corrected chi connectivity index (χ2v) is 9.68. The first-order valence-corrected chi connectivity index (χ1v) is 12.4. The normalized spacial score (nSPS) is 11.9. The van der Waals surface area contributed by atoms with Crippen LogP contribution in [0.15, 0.2) is 78.9 Å². The maximum absolute atomic E-state index is 11.0. The number of hydrogen-bond acceptors (Lipinski definition) is 6. The van der Waals surface area contributed by atoms with Gasteiger partial charge in [0.25, 0.3) is 0 Å². The van der Waals surface area contributed by atoms with Crippen LogP contribution in [0, 0.1) is 27.7 Å². The van der Waals surface area contributed by atoms with E-state index in [0.717, 1.165) is 33.4 Å². The number of aromatic hydroxyl groups is 2. The van der Waals surface area contributed by atoms with Crippen molar-refractivity contribution >= 4 is 0 Å². The van der Waals surface area contributed by atoms with Crippen molar-refractivity contribution in [3.05, 3.63) is 112 Å². The molecule has 1 unspecified atom stereocenters. The van der Waals surface area contributed by atoms with Gasteiger partial charge in [0.2, 0.25) is 0 Å². The predicted molar refractivity (Wildman–Crippen MR) is 149 cm³/mol. The van der Waals surface area contributed by atoms with Gasteiger partial charge >= 0.3 is 0 Å². The quantitative estimate of drug-likeness (QED) is 0.250. The van der Waals surface area contributed by atoms with Gasteiger partial charge in [0, 0.05) is 22.8 Å². The van der Waals surface area contributed by atoms with Crippen LogP contribution in [-0.2, 0) is 0 Å². The van der Waals surface area contributed by atoms with E-state index in [0.29, 0.717) is 17.2 Å². The molecular formula is C32H29N3O3. The first-order valence-electron chi connectivity index (χ1n) is 12.4. The third-order valence-electron chi connectivity index (χ3n) is 6.68. The lowest BCUT2D eigenvalue weighted by Crippen LogP contribution is -2.04. The van der Waals surface area contributed by atoms with E-state index in [1.165, 1.54) is 12.1 Å². The largest absolute Gasteiger partial charge is 0.507 e. The molecule has 4 aromatic carbocycles. The summed E-state index contributed by atoms with van der Waals surface area (Å²) in [4.78, 5) is 14.3. The highest BCUT2D eigenvalue weighted by Gasteiger charge is 2.22. The van der Waals surface area contributed by atoms with Crippen LogP contribution < -0.4 is 0 Å².